The van der Waals surface area contributed by atoms with E-state index >= 15 is 0 Å². The molecule has 2 aromatic carbocycles. The van der Waals surface area contributed by atoms with Gasteiger partial charge in [0.25, 0.3) is 0 Å². The first kappa shape index (κ1) is 13.2. The standard InChI is InChI=1S/C17H12ClNO3/c18-11-1-3-12(4-2-11)19-9-14-16(22-10-19)6-5-13-15(20)7-8-21-17(13)14/h1-8H,9-10H2. The van der Waals surface area contributed by atoms with Gasteiger partial charge in [0, 0.05) is 16.8 Å². The second kappa shape index (κ2) is 5.07. The van der Waals surface area contributed by atoms with Crippen LogP contribution in [0.25, 0.3) is 11.0 Å². The molecule has 110 valence electrons. The Morgan fingerprint density at radius 3 is 2.68 bits per heavy atom. The summed E-state index contributed by atoms with van der Waals surface area (Å²) in [5.41, 5.74) is 2.43. The van der Waals surface area contributed by atoms with Crippen LogP contribution in [0.5, 0.6) is 5.75 Å². The maximum atomic E-state index is 11.9. The quantitative estimate of drug-likeness (QED) is 0.685. The minimum Gasteiger partial charge on any atom is -0.473 e. The van der Waals surface area contributed by atoms with E-state index in [1.165, 1.54) is 12.3 Å². The zero-order valence-corrected chi connectivity index (χ0v) is 12.3. The highest BCUT2D eigenvalue weighted by atomic mass is 35.5. The number of anilines is 1. The average Bonchev–Trinajstić information content (AvgIpc) is 2.55. The lowest BCUT2D eigenvalue weighted by atomic mass is 10.1. The van der Waals surface area contributed by atoms with E-state index in [9.17, 15) is 4.79 Å². The first-order valence-electron chi connectivity index (χ1n) is 6.89. The monoisotopic (exact) mass is 313 g/mol. The molecule has 0 bridgehead atoms. The van der Waals surface area contributed by atoms with E-state index in [1.54, 1.807) is 6.07 Å². The lowest BCUT2D eigenvalue weighted by Crippen LogP contribution is -2.32. The van der Waals surface area contributed by atoms with E-state index in [0.717, 1.165) is 17.0 Å². The summed E-state index contributed by atoms with van der Waals surface area (Å²) in [7, 11) is 0. The Morgan fingerprint density at radius 2 is 1.86 bits per heavy atom. The highest BCUT2D eigenvalue weighted by Gasteiger charge is 2.21. The summed E-state index contributed by atoms with van der Waals surface area (Å²) in [6, 6.07) is 12.6. The number of fused-ring (bicyclic) bond motifs is 3. The minimum atomic E-state index is -0.0485. The zero-order chi connectivity index (χ0) is 15.1. The van der Waals surface area contributed by atoms with Crippen molar-refractivity contribution in [2.75, 3.05) is 11.6 Å². The van der Waals surface area contributed by atoms with Gasteiger partial charge in [-0.3, -0.25) is 4.79 Å². The second-order valence-corrected chi connectivity index (χ2v) is 5.59. The molecular weight excluding hydrogens is 302 g/mol. The van der Waals surface area contributed by atoms with Gasteiger partial charge in [-0.15, -0.1) is 0 Å². The highest BCUT2D eigenvalue weighted by molar-refractivity contribution is 6.30. The van der Waals surface area contributed by atoms with Crippen LogP contribution in [-0.2, 0) is 6.54 Å². The number of halogens is 1. The summed E-state index contributed by atoms with van der Waals surface area (Å²) in [5.74, 6) is 0.757. The lowest BCUT2D eigenvalue weighted by molar-refractivity contribution is 0.289. The molecule has 0 unspecified atom stereocenters. The van der Waals surface area contributed by atoms with Gasteiger partial charge in [-0.2, -0.15) is 0 Å². The van der Waals surface area contributed by atoms with Gasteiger partial charge < -0.3 is 14.1 Å². The highest BCUT2D eigenvalue weighted by Crippen LogP contribution is 2.33. The van der Waals surface area contributed by atoms with Gasteiger partial charge in [0.15, 0.2) is 12.2 Å². The molecule has 2 heterocycles. The van der Waals surface area contributed by atoms with Crippen LogP contribution in [0.3, 0.4) is 0 Å². The smallest absolute Gasteiger partial charge is 0.192 e. The van der Waals surface area contributed by atoms with Crippen molar-refractivity contribution in [1.29, 1.82) is 0 Å². The fraction of sp³-hybridized carbons (Fsp3) is 0.118. The maximum Gasteiger partial charge on any atom is 0.192 e. The number of nitrogens with zero attached hydrogens (tertiary/aromatic N) is 1. The molecule has 3 aromatic rings. The second-order valence-electron chi connectivity index (χ2n) is 5.15. The summed E-state index contributed by atoms with van der Waals surface area (Å²) < 4.78 is 11.4. The van der Waals surface area contributed by atoms with Gasteiger partial charge in [-0.1, -0.05) is 11.6 Å². The number of rotatable bonds is 1. The fourth-order valence-corrected chi connectivity index (χ4v) is 2.80. The molecule has 0 N–H and O–H groups in total. The summed E-state index contributed by atoms with van der Waals surface area (Å²) in [6.45, 7) is 1.05. The predicted molar refractivity (Wildman–Crippen MR) is 85.6 cm³/mol. The van der Waals surface area contributed by atoms with Crippen molar-refractivity contribution in [2.24, 2.45) is 0 Å². The molecule has 1 aromatic heterocycles. The van der Waals surface area contributed by atoms with Crippen LogP contribution in [0.4, 0.5) is 5.69 Å². The molecule has 5 heteroatoms. The third-order valence-electron chi connectivity index (χ3n) is 3.80. The Bertz CT molecular complexity index is 902. The molecule has 0 saturated heterocycles. The zero-order valence-electron chi connectivity index (χ0n) is 11.6. The van der Waals surface area contributed by atoms with Gasteiger partial charge in [0.05, 0.1) is 23.8 Å². The molecule has 1 aliphatic rings. The van der Waals surface area contributed by atoms with E-state index < -0.39 is 0 Å². The third kappa shape index (κ3) is 2.12. The van der Waals surface area contributed by atoms with Gasteiger partial charge >= 0.3 is 0 Å². The van der Waals surface area contributed by atoms with Crippen LogP contribution in [0, 0.1) is 0 Å². The summed E-state index contributed by atoms with van der Waals surface area (Å²) in [4.78, 5) is 14.0. The molecule has 0 amide bonds. The molecule has 0 atom stereocenters. The molecule has 0 radical (unpaired) electrons. The van der Waals surface area contributed by atoms with Crippen molar-refractivity contribution in [3.63, 3.8) is 0 Å². The van der Waals surface area contributed by atoms with Crippen molar-refractivity contribution in [1.82, 2.24) is 0 Å². The SMILES string of the molecule is O=c1ccoc2c3c(ccc12)OCN(c1ccc(Cl)cc1)C3. The Morgan fingerprint density at radius 1 is 1.05 bits per heavy atom. The molecule has 4 nitrogen and oxygen atoms in total. The van der Waals surface area contributed by atoms with Crippen molar-refractivity contribution in [3.05, 3.63) is 69.5 Å². The van der Waals surface area contributed by atoms with E-state index in [4.69, 9.17) is 20.8 Å². The first-order chi connectivity index (χ1) is 10.7. The molecule has 4 rings (SSSR count). The molecule has 1 aliphatic heterocycles. The van der Waals surface area contributed by atoms with E-state index in [0.29, 0.717) is 29.3 Å². The van der Waals surface area contributed by atoms with Crippen molar-refractivity contribution in [2.45, 2.75) is 6.54 Å². The summed E-state index contributed by atoms with van der Waals surface area (Å²) >= 11 is 5.93. The van der Waals surface area contributed by atoms with Gasteiger partial charge in [0.2, 0.25) is 0 Å². The van der Waals surface area contributed by atoms with Crippen molar-refractivity contribution < 1.29 is 9.15 Å². The van der Waals surface area contributed by atoms with E-state index in [2.05, 4.69) is 4.90 Å². The van der Waals surface area contributed by atoms with Crippen LogP contribution < -0.4 is 15.1 Å². The first-order valence-corrected chi connectivity index (χ1v) is 7.27. The van der Waals surface area contributed by atoms with Gasteiger partial charge in [-0.05, 0) is 36.4 Å². The minimum absolute atomic E-state index is 0.0485. The Labute approximate surface area is 131 Å². The summed E-state index contributed by atoms with van der Waals surface area (Å²) in [6.07, 6.45) is 1.42. The molecule has 0 fully saturated rings. The average molecular weight is 314 g/mol. The lowest BCUT2D eigenvalue weighted by Gasteiger charge is -2.31. The third-order valence-corrected chi connectivity index (χ3v) is 4.06. The fourth-order valence-electron chi connectivity index (χ4n) is 2.68. The topological polar surface area (TPSA) is 42.7 Å². The van der Waals surface area contributed by atoms with Crippen LogP contribution in [0.2, 0.25) is 5.02 Å². The largest absolute Gasteiger partial charge is 0.473 e. The normalized spacial score (nSPS) is 13.8. The number of ether oxygens (including phenoxy) is 1. The van der Waals surface area contributed by atoms with Gasteiger partial charge in [-0.25, -0.2) is 0 Å². The molecule has 0 saturated carbocycles. The van der Waals surface area contributed by atoms with Crippen LogP contribution in [0.15, 0.2) is 57.9 Å². The Hall–Kier alpha value is -2.46. The van der Waals surface area contributed by atoms with Crippen LogP contribution in [0.1, 0.15) is 5.56 Å². The molecule has 0 spiro atoms. The van der Waals surface area contributed by atoms with Crippen molar-refractivity contribution >= 4 is 28.3 Å². The van der Waals surface area contributed by atoms with Gasteiger partial charge in [0.1, 0.15) is 11.3 Å². The number of hydrogen-bond donors (Lipinski definition) is 0. The maximum absolute atomic E-state index is 11.9. The molecular formula is C17H12ClNO3. The van der Waals surface area contributed by atoms with E-state index in [-0.39, 0.29) is 5.43 Å². The van der Waals surface area contributed by atoms with Crippen LogP contribution >= 0.6 is 11.6 Å². The molecule has 0 aliphatic carbocycles. The van der Waals surface area contributed by atoms with Crippen LogP contribution in [-0.4, -0.2) is 6.73 Å². The van der Waals surface area contributed by atoms with E-state index in [1.807, 2.05) is 30.3 Å². The number of benzene rings is 2. The Kier molecular flexibility index (Phi) is 3.05. The predicted octanol–water partition coefficient (Wildman–Crippen LogP) is 3.80. The summed E-state index contributed by atoms with van der Waals surface area (Å²) in [5, 5.41) is 1.27. The van der Waals surface area contributed by atoms with Crippen molar-refractivity contribution in [3.8, 4) is 5.75 Å². The number of hydrogen-bond acceptors (Lipinski definition) is 4. The molecule has 22 heavy (non-hydrogen) atoms. The Balaban J connectivity index is 1.80.